The van der Waals surface area contributed by atoms with Crippen molar-refractivity contribution in [3.05, 3.63) is 0 Å². The molecule has 146 valence electrons. The maximum Gasteiger partial charge on any atom is 0.518 e. The Morgan fingerprint density at radius 1 is 0.625 bits per heavy atom. The van der Waals surface area contributed by atoms with Gasteiger partial charge in [-0.1, -0.05) is 72.6 Å². The summed E-state index contributed by atoms with van der Waals surface area (Å²) in [6, 6.07) is 0. The average Bonchev–Trinajstić information content (AvgIpc) is 2.58. The normalized spacial score (nSPS) is 13.4. The van der Waals surface area contributed by atoms with Gasteiger partial charge in [0.25, 0.3) is 0 Å². The quantitative estimate of drug-likeness (QED) is 0.269. The SMILES string of the molecule is CCCCCCC(N)[Si](OCCCC)(OCCCC)OCCCC. The average molecular weight is 362 g/mol. The summed E-state index contributed by atoms with van der Waals surface area (Å²) in [7, 11) is -2.79. The summed E-state index contributed by atoms with van der Waals surface area (Å²) in [5.74, 6) is 0. The molecule has 0 aliphatic carbocycles. The van der Waals surface area contributed by atoms with E-state index < -0.39 is 8.80 Å². The third-order valence-electron chi connectivity index (χ3n) is 4.23. The first-order valence-electron chi connectivity index (χ1n) is 10.3. The third kappa shape index (κ3) is 10.8. The molecular weight excluding hydrogens is 318 g/mol. The lowest BCUT2D eigenvalue weighted by molar-refractivity contribution is 0.0467. The largest absolute Gasteiger partial charge is 0.518 e. The predicted octanol–water partition coefficient (Wildman–Crippen LogP) is 5.21. The standard InChI is InChI=1S/C19H43NO3Si/c1-5-9-13-14-15-19(20)24(21-16-10-6-2,22-17-11-7-3)23-18-12-8-4/h19H,5-18,20H2,1-4H3. The highest BCUT2D eigenvalue weighted by atomic mass is 28.4. The second kappa shape index (κ2) is 16.5. The van der Waals surface area contributed by atoms with Crippen LogP contribution < -0.4 is 5.73 Å². The fourth-order valence-electron chi connectivity index (χ4n) is 2.49. The first kappa shape index (κ1) is 24.1. The summed E-state index contributed by atoms with van der Waals surface area (Å²) in [6.07, 6.45) is 12.2. The van der Waals surface area contributed by atoms with Crippen molar-refractivity contribution in [2.24, 2.45) is 5.73 Å². The molecule has 2 N–H and O–H groups in total. The number of hydrogen-bond donors (Lipinski definition) is 1. The molecule has 0 aromatic rings. The van der Waals surface area contributed by atoms with Gasteiger partial charge in [-0.2, -0.15) is 0 Å². The summed E-state index contributed by atoms with van der Waals surface area (Å²) < 4.78 is 18.8. The fourth-order valence-corrected chi connectivity index (χ4v) is 5.23. The molecule has 0 spiro atoms. The van der Waals surface area contributed by atoms with Gasteiger partial charge in [-0.15, -0.1) is 0 Å². The molecule has 5 heteroatoms. The maximum absolute atomic E-state index is 6.57. The van der Waals surface area contributed by atoms with E-state index in [4.69, 9.17) is 19.0 Å². The molecule has 0 amide bonds. The van der Waals surface area contributed by atoms with Crippen LogP contribution in [0.5, 0.6) is 0 Å². The van der Waals surface area contributed by atoms with Crippen molar-refractivity contribution >= 4 is 8.80 Å². The Labute approximate surface area is 152 Å². The molecule has 0 radical (unpaired) electrons. The van der Waals surface area contributed by atoms with Crippen LogP contribution in [-0.2, 0) is 13.3 Å². The van der Waals surface area contributed by atoms with Gasteiger partial charge >= 0.3 is 8.80 Å². The summed E-state index contributed by atoms with van der Waals surface area (Å²) in [4.78, 5) is 0. The van der Waals surface area contributed by atoms with Gasteiger partial charge in [0.15, 0.2) is 0 Å². The molecule has 0 rings (SSSR count). The van der Waals surface area contributed by atoms with Crippen molar-refractivity contribution in [2.75, 3.05) is 19.8 Å². The molecule has 0 aromatic heterocycles. The van der Waals surface area contributed by atoms with Crippen LogP contribution in [0.3, 0.4) is 0 Å². The van der Waals surface area contributed by atoms with E-state index >= 15 is 0 Å². The minimum Gasteiger partial charge on any atom is -0.373 e. The van der Waals surface area contributed by atoms with Crippen molar-refractivity contribution in [1.82, 2.24) is 0 Å². The van der Waals surface area contributed by atoms with Crippen LogP contribution in [0.25, 0.3) is 0 Å². The van der Waals surface area contributed by atoms with E-state index in [-0.39, 0.29) is 5.67 Å². The van der Waals surface area contributed by atoms with Crippen molar-refractivity contribution in [3.63, 3.8) is 0 Å². The lowest BCUT2D eigenvalue weighted by Gasteiger charge is -2.34. The maximum atomic E-state index is 6.57. The fraction of sp³-hybridized carbons (Fsp3) is 1.00. The van der Waals surface area contributed by atoms with Gasteiger partial charge in [-0.25, -0.2) is 0 Å². The Bertz CT molecular complexity index is 240. The molecule has 0 aliphatic rings. The minimum atomic E-state index is -2.79. The van der Waals surface area contributed by atoms with E-state index in [0.717, 1.165) is 51.4 Å². The molecule has 0 saturated carbocycles. The highest BCUT2D eigenvalue weighted by molar-refractivity contribution is 6.62. The zero-order valence-corrected chi connectivity index (χ0v) is 17.8. The van der Waals surface area contributed by atoms with Gasteiger partial charge in [0.1, 0.15) is 0 Å². The number of hydrogen-bond acceptors (Lipinski definition) is 4. The summed E-state index contributed by atoms with van der Waals surface area (Å²) in [6.45, 7) is 10.8. The Kier molecular flexibility index (Phi) is 16.6. The molecule has 1 unspecified atom stereocenters. The Morgan fingerprint density at radius 3 is 1.42 bits per heavy atom. The summed E-state index contributed by atoms with van der Waals surface area (Å²) in [5, 5.41) is 0. The zero-order chi connectivity index (χ0) is 18.1. The molecule has 0 aromatic carbocycles. The van der Waals surface area contributed by atoms with Crippen molar-refractivity contribution in [1.29, 1.82) is 0 Å². The van der Waals surface area contributed by atoms with Crippen molar-refractivity contribution in [2.45, 2.75) is 104 Å². The number of nitrogens with two attached hydrogens (primary N) is 1. The smallest absolute Gasteiger partial charge is 0.373 e. The van der Waals surface area contributed by atoms with E-state index in [1.165, 1.54) is 19.3 Å². The molecule has 0 aliphatic heterocycles. The van der Waals surface area contributed by atoms with E-state index in [1.54, 1.807) is 0 Å². The zero-order valence-electron chi connectivity index (χ0n) is 16.8. The first-order chi connectivity index (χ1) is 11.7. The second-order valence-electron chi connectivity index (χ2n) is 6.67. The van der Waals surface area contributed by atoms with Crippen molar-refractivity contribution < 1.29 is 13.3 Å². The highest BCUT2D eigenvalue weighted by Crippen LogP contribution is 2.20. The molecule has 0 heterocycles. The van der Waals surface area contributed by atoms with Gasteiger partial charge in [-0.3, -0.25) is 0 Å². The third-order valence-corrected chi connectivity index (χ3v) is 7.24. The van der Waals surface area contributed by atoms with Crippen LogP contribution in [0, 0.1) is 0 Å². The molecule has 0 saturated heterocycles. The number of unbranched alkanes of at least 4 members (excludes halogenated alkanes) is 6. The highest BCUT2D eigenvalue weighted by Gasteiger charge is 2.47. The van der Waals surface area contributed by atoms with Crippen LogP contribution in [-0.4, -0.2) is 34.3 Å². The summed E-state index contributed by atoms with van der Waals surface area (Å²) in [5.41, 5.74) is 6.47. The van der Waals surface area contributed by atoms with E-state index in [2.05, 4.69) is 27.7 Å². The number of rotatable bonds is 18. The lowest BCUT2D eigenvalue weighted by Crippen LogP contribution is -2.60. The summed E-state index contributed by atoms with van der Waals surface area (Å²) >= 11 is 0. The molecule has 0 fully saturated rings. The van der Waals surface area contributed by atoms with Crippen LogP contribution in [0.1, 0.15) is 98.3 Å². The van der Waals surface area contributed by atoms with Gasteiger partial charge in [0.05, 0.1) is 5.67 Å². The van der Waals surface area contributed by atoms with Crippen LogP contribution >= 0.6 is 0 Å². The van der Waals surface area contributed by atoms with E-state index in [1.807, 2.05) is 0 Å². The van der Waals surface area contributed by atoms with Gasteiger partial charge in [0.2, 0.25) is 0 Å². The van der Waals surface area contributed by atoms with Crippen LogP contribution in [0.15, 0.2) is 0 Å². The van der Waals surface area contributed by atoms with Gasteiger partial charge in [0, 0.05) is 19.8 Å². The van der Waals surface area contributed by atoms with Crippen LogP contribution in [0.2, 0.25) is 0 Å². The monoisotopic (exact) mass is 361 g/mol. The van der Waals surface area contributed by atoms with Gasteiger partial charge < -0.3 is 19.0 Å². The van der Waals surface area contributed by atoms with E-state index in [9.17, 15) is 0 Å². The first-order valence-corrected chi connectivity index (χ1v) is 12.1. The molecular formula is C19H43NO3Si. The lowest BCUT2D eigenvalue weighted by atomic mass is 10.1. The van der Waals surface area contributed by atoms with Gasteiger partial charge in [-0.05, 0) is 25.7 Å². The van der Waals surface area contributed by atoms with Crippen LogP contribution in [0.4, 0.5) is 0 Å². The topological polar surface area (TPSA) is 53.7 Å². The Hall–Kier alpha value is 0.0569. The molecule has 0 bridgehead atoms. The van der Waals surface area contributed by atoms with E-state index in [0.29, 0.717) is 19.8 Å². The second-order valence-corrected chi connectivity index (χ2v) is 9.48. The predicted molar refractivity (Wildman–Crippen MR) is 105 cm³/mol. The molecule has 1 atom stereocenters. The molecule has 4 nitrogen and oxygen atoms in total. The van der Waals surface area contributed by atoms with Crippen molar-refractivity contribution in [3.8, 4) is 0 Å². The minimum absolute atomic E-state index is 0.0973. The Balaban J connectivity index is 4.81. The Morgan fingerprint density at radius 2 is 1.04 bits per heavy atom. The molecule has 24 heavy (non-hydrogen) atoms.